The summed E-state index contributed by atoms with van der Waals surface area (Å²) in [4.78, 5) is 18.7. The largest absolute Gasteiger partial charge is 0.342 e. The first-order valence-corrected chi connectivity index (χ1v) is 8.11. The molecule has 128 valence electrons. The van der Waals surface area contributed by atoms with E-state index in [9.17, 15) is 4.79 Å². The molecule has 2 aliphatic rings. The van der Waals surface area contributed by atoms with Gasteiger partial charge in [-0.2, -0.15) is 4.98 Å². The summed E-state index contributed by atoms with van der Waals surface area (Å²) in [6.45, 7) is 0. The summed E-state index contributed by atoms with van der Waals surface area (Å²) in [6, 6.07) is 8.87. The monoisotopic (exact) mass is 348 g/mol. The molecule has 1 N–H and O–H groups in total. The fourth-order valence-corrected chi connectivity index (χ4v) is 3.77. The van der Waals surface area contributed by atoms with Gasteiger partial charge in [0.25, 0.3) is 5.91 Å². The van der Waals surface area contributed by atoms with Crippen molar-refractivity contribution in [1.82, 2.24) is 20.4 Å². The average Bonchev–Trinajstić information content (AvgIpc) is 3.23. The molecule has 3 heterocycles. The number of amides is 1. The fraction of sp³-hybridized carbons (Fsp3) is 0.471. The van der Waals surface area contributed by atoms with Gasteiger partial charge >= 0.3 is 0 Å². The van der Waals surface area contributed by atoms with Crippen LogP contribution in [0.5, 0.6) is 0 Å². The molecule has 1 aromatic carbocycles. The number of hydrogen-bond acceptors (Lipinski definition) is 5. The van der Waals surface area contributed by atoms with Gasteiger partial charge in [-0.25, -0.2) is 0 Å². The highest BCUT2D eigenvalue weighted by Gasteiger charge is 2.36. The highest BCUT2D eigenvalue weighted by molar-refractivity contribution is 5.94. The molecular formula is C17H21ClN4O2. The Kier molecular flexibility index (Phi) is 4.87. The van der Waals surface area contributed by atoms with E-state index in [-0.39, 0.29) is 18.3 Å². The zero-order valence-electron chi connectivity index (χ0n) is 13.5. The Bertz CT molecular complexity index is 677. The van der Waals surface area contributed by atoms with E-state index in [0.717, 1.165) is 18.4 Å². The van der Waals surface area contributed by atoms with E-state index in [0.29, 0.717) is 29.5 Å². The van der Waals surface area contributed by atoms with Crippen LogP contribution in [0.2, 0.25) is 0 Å². The topological polar surface area (TPSA) is 71.3 Å². The van der Waals surface area contributed by atoms with Gasteiger partial charge in [0.1, 0.15) is 0 Å². The van der Waals surface area contributed by atoms with Crippen molar-refractivity contribution < 1.29 is 9.32 Å². The molecule has 2 aromatic rings. The standard InChI is InChI=1S/C17H20N4O2.ClH/c1-21(15-8-13-6-7-14(9-15)19-13)17(22)12-4-2-11(3-5-12)16-18-10-23-20-16;/h2-5,10,13-15,19H,6-9H2,1H3;1H. The molecule has 0 spiro atoms. The maximum atomic E-state index is 12.7. The minimum Gasteiger partial charge on any atom is -0.342 e. The lowest BCUT2D eigenvalue weighted by Crippen LogP contribution is -2.48. The molecule has 2 saturated heterocycles. The van der Waals surface area contributed by atoms with Gasteiger partial charge in [0.15, 0.2) is 0 Å². The van der Waals surface area contributed by atoms with E-state index in [1.54, 1.807) is 0 Å². The third kappa shape index (κ3) is 3.16. The molecule has 6 nitrogen and oxygen atoms in total. The number of piperidine rings is 1. The second-order valence-electron chi connectivity index (χ2n) is 6.51. The van der Waals surface area contributed by atoms with Crippen LogP contribution in [0.15, 0.2) is 35.2 Å². The summed E-state index contributed by atoms with van der Waals surface area (Å²) in [5.41, 5.74) is 1.54. The first-order chi connectivity index (χ1) is 11.2. The van der Waals surface area contributed by atoms with Crippen molar-refractivity contribution in [1.29, 1.82) is 0 Å². The Morgan fingerprint density at radius 2 is 1.88 bits per heavy atom. The number of rotatable bonds is 3. The number of nitrogens with one attached hydrogen (secondary N) is 1. The van der Waals surface area contributed by atoms with E-state index in [2.05, 4.69) is 15.5 Å². The van der Waals surface area contributed by atoms with Gasteiger partial charge in [0.05, 0.1) is 0 Å². The molecular weight excluding hydrogens is 328 g/mol. The SMILES string of the molecule is CN(C(=O)c1ccc(-c2ncon2)cc1)C1CC2CCC(C1)N2.Cl. The second kappa shape index (κ2) is 6.91. The summed E-state index contributed by atoms with van der Waals surface area (Å²) in [5, 5.41) is 7.42. The smallest absolute Gasteiger partial charge is 0.253 e. The van der Waals surface area contributed by atoms with Gasteiger partial charge < -0.3 is 14.7 Å². The predicted molar refractivity (Wildman–Crippen MR) is 92.0 cm³/mol. The van der Waals surface area contributed by atoms with Crippen molar-refractivity contribution in [3.8, 4) is 11.4 Å². The molecule has 2 bridgehead atoms. The Hall–Kier alpha value is -1.92. The number of aromatic nitrogens is 2. The predicted octanol–water partition coefficient (Wildman–Crippen LogP) is 2.51. The number of nitrogens with zero attached hydrogens (tertiary/aromatic N) is 3. The molecule has 1 aromatic heterocycles. The lowest BCUT2D eigenvalue weighted by atomic mass is 9.98. The number of benzene rings is 1. The van der Waals surface area contributed by atoms with Gasteiger partial charge in [-0.15, -0.1) is 12.4 Å². The highest BCUT2D eigenvalue weighted by Crippen LogP contribution is 2.30. The third-order valence-corrected chi connectivity index (χ3v) is 5.07. The van der Waals surface area contributed by atoms with Crippen molar-refractivity contribution in [2.45, 2.75) is 43.8 Å². The first kappa shape index (κ1) is 16.9. The summed E-state index contributed by atoms with van der Waals surface area (Å²) in [5.74, 6) is 0.614. The molecule has 4 rings (SSSR count). The van der Waals surface area contributed by atoms with E-state index in [4.69, 9.17) is 4.52 Å². The number of hydrogen-bond donors (Lipinski definition) is 1. The first-order valence-electron chi connectivity index (χ1n) is 8.11. The molecule has 24 heavy (non-hydrogen) atoms. The zero-order valence-corrected chi connectivity index (χ0v) is 14.3. The van der Waals surface area contributed by atoms with E-state index < -0.39 is 0 Å². The van der Waals surface area contributed by atoms with Crippen molar-refractivity contribution in [3.63, 3.8) is 0 Å². The van der Waals surface area contributed by atoms with Gasteiger partial charge in [-0.3, -0.25) is 4.79 Å². The van der Waals surface area contributed by atoms with E-state index in [1.165, 1.54) is 19.2 Å². The third-order valence-electron chi connectivity index (χ3n) is 5.07. The van der Waals surface area contributed by atoms with Crippen LogP contribution in [0.25, 0.3) is 11.4 Å². The second-order valence-corrected chi connectivity index (χ2v) is 6.51. The summed E-state index contributed by atoms with van der Waals surface area (Å²) in [7, 11) is 1.92. The summed E-state index contributed by atoms with van der Waals surface area (Å²) in [6.07, 6.45) is 5.89. The van der Waals surface area contributed by atoms with E-state index in [1.807, 2.05) is 36.2 Å². The van der Waals surface area contributed by atoms with Crippen LogP contribution >= 0.6 is 12.4 Å². The maximum absolute atomic E-state index is 12.7. The Labute approximate surface area is 147 Å². The van der Waals surface area contributed by atoms with Crippen LogP contribution in [0.4, 0.5) is 0 Å². The molecule has 2 fully saturated rings. The van der Waals surface area contributed by atoms with Crippen molar-refractivity contribution in [2.75, 3.05) is 7.05 Å². The van der Waals surface area contributed by atoms with Crippen molar-refractivity contribution in [3.05, 3.63) is 36.2 Å². The molecule has 2 atom stereocenters. The molecule has 7 heteroatoms. The van der Waals surface area contributed by atoms with Crippen LogP contribution in [0.3, 0.4) is 0 Å². The van der Waals surface area contributed by atoms with Crippen LogP contribution < -0.4 is 5.32 Å². The van der Waals surface area contributed by atoms with Crippen molar-refractivity contribution >= 4 is 18.3 Å². The van der Waals surface area contributed by atoms with Gasteiger partial charge in [0.2, 0.25) is 12.2 Å². The minimum absolute atomic E-state index is 0. The van der Waals surface area contributed by atoms with Crippen LogP contribution in [-0.4, -0.2) is 46.1 Å². The van der Waals surface area contributed by atoms with Crippen LogP contribution in [0.1, 0.15) is 36.0 Å². The lowest BCUT2D eigenvalue weighted by molar-refractivity contribution is 0.0681. The average molecular weight is 349 g/mol. The molecule has 1 amide bonds. The number of halogens is 1. The van der Waals surface area contributed by atoms with E-state index >= 15 is 0 Å². The number of carbonyl (C=O) groups is 1. The maximum Gasteiger partial charge on any atom is 0.253 e. The minimum atomic E-state index is 0. The van der Waals surface area contributed by atoms with Gasteiger partial charge in [0, 0.05) is 36.3 Å². The highest BCUT2D eigenvalue weighted by atomic mass is 35.5. The molecule has 0 radical (unpaired) electrons. The summed E-state index contributed by atoms with van der Waals surface area (Å²) < 4.78 is 4.75. The zero-order chi connectivity index (χ0) is 15.8. The summed E-state index contributed by atoms with van der Waals surface area (Å²) >= 11 is 0. The normalized spacial score (nSPS) is 25.1. The molecule has 0 saturated carbocycles. The Morgan fingerprint density at radius 3 is 2.46 bits per heavy atom. The molecule has 0 aliphatic carbocycles. The van der Waals surface area contributed by atoms with Crippen LogP contribution in [-0.2, 0) is 0 Å². The van der Waals surface area contributed by atoms with Crippen LogP contribution in [0, 0.1) is 0 Å². The molecule has 2 aliphatic heterocycles. The van der Waals surface area contributed by atoms with Gasteiger partial charge in [-0.05, 0) is 37.8 Å². The Balaban J connectivity index is 0.00000169. The Morgan fingerprint density at radius 1 is 1.21 bits per heavy atom. The lowest BCUT2D eigenvalue weighted by Gasteiger charge is -2.35. The molecule has 2 unspecified atom stereocenters. The van der Waals surface area contributed by atoms with Crippen molar-refractivity contribution in [2.24, 2.45) is 0 Å². The fourth-order valence-electron chi connectivity index (χ4n) is 3.77. The number of fused-ring (bicyclic) bond motifs is 2. The van der Waals surface area contributed by atoms with Gasteiger partial charge in [-0.1, -0.05) is 17.3 Å². The number of carbonyl (C=O) groups excluding carboxylic acids is 1. The quantitative estimate of drug-likeness (QED) is 0.922.